The van der Waals surface area contributed by atoms with E-state index in [0.29, 0.717) is 0 Å². The molecule has 0 bridgehead atoms. The highest BCUT2D eigenvalue weighted by atomic mass is 16.5. The summed E-state index contributed by atoms with van der Waals surface area (Å²) in [5, 5.41) is 0. The number of hydrogen-bond acceptors (Lipinski definition) is 2. The first-order valence-corrected chi connectivity index (χ1v) is 6.42. The van der Waals surface area contributed by atoms with Gasteiger partial charge in [-0.05, 0) is 37.1 Å². The maximum atomic E-state index is 5.67. The molecule has 2 nitrogen and oxygen atoms in total. The summed E-state index contributed by atoms with van der Waals surface area (Å²) in [6, 6.07) is 0. The average molecular weight is 213 g/mol. The Hall–Kier alpha value is -0.0800. The number of rotatable bonds is 8. The van der Waals surface area contributed by atoms with E-state index in [1.54, 1.807) is 0 Å². The summed E-state index contributed by atoms with van der Waals surface area (Å²) in [6.45, 7) is 7.10. The van der Waals surface area contributed by atoms with Crippen molar-refractivity contribution in [2.75, 3.05) is 19.8 Å². The van der Waals surface area contributed by atoms with Crippen LogP contribution < -0.4 is 5.73 Å². The smallest absolute Gasteiger partial charge is 0.0468 e. The van der Waals surface area contributed by atoms with Crippen molar-refractivity contribution < 1.29 is 4.74 Å². The lowest BCUT2D eigenvalue weighted by Crippen LogP contribution is -2.23. The Balaban J connectivity index is 1.84. The van der Waals surface area contributed by atoms with Crippen LogP contribution in [0.4, 0.5) is 0 Å². The van der Waals surface area contributed by atoms with Crippen molar-refractivity contribution in [3.63, 3.8) is 0 Å². The Morgan fingerprint density at radius 2 is 2.00 bits per heavy atom. The van der Waals surface area contributed by atoms with E-state index in [1.165, 1.54) is 32.1 Å². The molecular formula is C13H27NO. The zero-order chi connectivity index (χ0) is 11.1. The van der Waals surface area contributed by atoms with Gasteiger partial charge < -0.3 is 10.5 Å². The molecule has 1 aliphatic carbocycles. The van der Waals surface area contributed by atoms with Crippen LogP contribution in [-0.2, 0) is 4.74 Å². The summed E-state index contributed by atoms with van der Waals surface area (Å²) in [7, 11) is 0. The van der Waals surface area contributed by atoms with Gasteiger partial charge in [-0.3, -0.25) is 0 Å². The molecule has 0 aromatic carbocycles. The lowest BCUT2D eigenvalue weighted by atomic mass is 9.83. The van der Waals surface area contributed by atoms with E-state index in [9.17, 15) is 0 Å². The molecule has 0 saturated heterocycles. The van der Waals surface area contributed by atoms with Crippen molar-refractivity contribution in [1.29, 1.82) is 0 Å². The van der Waals surface area contributed by atoms with Gasteiger partial charge in [0.25, 0.3) is 0 Å². The Labute approximate surface area is 94.6 Å². The van der Waals surface area contributed by atoms with Crippen molar-refractivity contribution >= 4 is 0 Å². The second-order valence-electron chi connectivity index (χ2n) is 5.67. The van der Waals surface area contributed by atoms with Gasteiger partial charge in [-0.1, -0.05) is 33.1 Å². The molecule has 0 aliphatic heterocycles. The van der Waals surface area contributed by atoms with Crippen LogP contribution in [0.15, 0.2) is 0 Å². The Morgan fingerprint density at radius 1 is 1.27 bits per heavy atom. The highest BCUT2D eigenvalue weighted by molar-refractivity contribution is 4.70. The summed E-state index contributed by atoms with van der Waals surface area (Å²) >= 11 is 0. The molecule has 15 heavy (non-hydrogen) atoms. The van der Waals surface area contributed by atoms with Crippen LogP contribution in [0.1, 0.15) is 52.4 Å². The van der Waals surface area contributed by atoms with Gasteiger partial charge in [-0.15, -0.1) is 0 Å². The molecule has 0 unspecified atom stereocenters. The molecule has 1 rings (SSSR count). The molecular weight excluding hydrogens is 186 g/mol. The predicted molar refractivity (Wildman–Crippen MR) is 64.8 cm³/mol. The Bertz CT molecular complexity index is 164. The van der Waals surface area contributed by atoms with Crippen molar-refractivity contribution in [3.8, 4) is 0 Å². The average Bonchev–Trinajstić information content (AvgIpc) is 2.13. The first-order valence-electron chi connectivity index (χ1n) is 6.42. The maximum absolute atomic E-state index is 5.67. The Kier molecular flexibility index (Phi) is 5.62. The lowest BCUT2D eigenvalue weighted by Gasteiger charge is -2.25. The second-order valence-corrected chi connectivity index (χ2v) is 5.67. The van der Waals surface area contributed by atoms with E-state index >= 15 is 0 Å². The molecule has 0 radical (unpaired) electrons. The third kappa shape index (κ3) is 5.53. The van der Waals surface area contributed by atoms with E-state index in [-0.39, 0.29) is 5.41 Å². The predicted octanol–water partition coefficient (Wildman–Crippen LogP) is 2.96. The van der Waals surface area contributed by atoms with Gasteiger partial charge in [0.15, 0.2) is 0 Å². The van der Waals surface area contributed by atoms with Gasteiger partial charge in [0.1, 0.15) is 0 Å². The lowest BCUT2D eigenvalue weighted by molar-refractivity contribution is 0.0975. The molecule has 90 valence electrons. The van der Waals surface area contributed by atoms with Gasteiger partial charge in [-0.25, -0.2) is 0 Å². The third-order valence-electron chi connectivity index (χ3n) is 3.59. The minimum atomic E-state index is 0.289. The molecule has 1 aliphatic rings. The molecule has 0 spiro atoms. The second kappa shape index (κ2) is 6.49. The van der Waals surface area contributed by atoms with Crippen molar-refractivity contribution in [2.24, 2.45) is 17.1 Å². The van der Waals surface area contributed by atoms with Crippen LogP contribution in [-0.4, -0.2) is 19.8 Å². The van der Waals surface area contributed by atoms with Crippen molar-refractivity contribution in [2.45, 2.75) is 52.4 Å². The van der Waals surface area contributed by atoms with Crippen LogP contribution in [0, 0.1) is 11.3 Å². The summed E-state index contributed by atoms with van der Waals surface area (Å²) in [4.78, 5) is 0. The number of hydrogen-bond donors (Lipinski definition) is 1. The van der Waals surface area contributed by atoms with E-state index in [1.807, 2.05) is 0 Å². The van der Waals surface area contributed by atoms with Crippen LogP contribution in [0.3, 0.4) is 0 Å². The zero-order valence-electron chi connectivity index (χ0n) is 10.4. The molecule has 2 N–H and O–H groups in total. The monoisotopic (exact) mass is 213 g/mol. The SMILES string of the molecule is CC(C)(CN)CCCOCCC1CCC1. The summed E-state index contributed by atoms with van der Waals surface area (Å²) in [5.41, 5.74) is 5.96. The van der Waals surface area contributed by atoms with E-state index in [2.05, 4.69) is 13.8 Å². The largest absolute Gasteiger partial charge is 0.381 e. The van der Waals surface area contributed by atoms with Crippen LogP contribution >= 0.6 is 0 Å². The maximum Gasteiger partial charge on any atom is 0.0468 e. The standard InChI is InChI=1S/C13H27NO/c1-13(2,11-14)8-4-9-15-10-7-12-5-3-6-12/h12H,3-11,14H2,1-2H3. The van der Waals surface area contributed by atoms with Gasteiger partial charge in [0, 0.05) is 13.2 Å². The number of nitrogens with two attached hydrogens (primary N) is 1. The normalized spacial score (nSPS) is 17.8. The van der Waals surface area contributed by atoms with Crippen LogP contribution in [0.25, 0.3) is 0 Å². The minimum Gasteiger partial charge on any atom is -0.381 e. The molecule has 1 fully saturated rings. The summed E-state index contributed by atoms with van der Waals surface area (Å²) in [5.74, 6) is 0.977. The van der Waals surface area contributed by atoms with Gasteiger partial charge >= 0.3 is 0 Å². The topological polar surface area (TPSA) is 35.2 Å². The zero-order valence-corrected chi connectivity index (χ0v) is 10.4. The minimum absolute atomic E-state index is 0.289. The van der Waals surface area contributed by atoms with E-state index in [0.717, 1.165) is 32.1 Å². The summed E-state index contributed by atoms with van der Waals surface area (Å²) in [6.07, 6.45) is 7.91. The van der Waals surface area contributed by atoms with E-state index < -0.39 is 0 Å². The molecule has 2 heteroatoms. The molecule has 0 atom stereocenters. The van der Waals surface area contributed by atoms with E-state index in [4.69, 9.17) is 10.5 Å². The summed E-state index contributed by atoms with van der Waals surface area (Å²) < 4.78 is 5.64. The van der Waals surface area contributed by atoms with Crippen molar-refractivity contribution in [3.05, 3.63) is 0 Å². The number of ether oxygens (including phenoxy) is 1. The fourth-order valence-corrected chi connectivity index (χ4v) is 1.89. The highest BCUT2D eigenvalue weighted by Crippen LogP contribution is 2.29. The molecule has 0 heterocycles. The first kappa shape index (κ1) is 13.0. The van der Waals surface area contributed by atoms with Crippen molar-refractivity contribution in [1.82, 2.24) is 0 Å². The molecule has 1 saturated carbocycles. The molecule has 0 aromatic rings. The van der Waals surface area contributed by atoms with Gasteiger partial charge in [0.2, 0.25) is 0 Å². The quantitative estimate of drug-likeness (QED) is 0.629. The Morgan fingerprint density at radius 3 is 2.53 bits per heavy atom. The molecule has 0 amide bonds. The first-order chi connectivity index (χ1) is 7.14. The fourth-order valence-electron chi connectivity index (χ4n) is 1.89. The van der Waals surface area contributed by atoms with Crippen LogP contribution in [0.5, 0.6) is 0 Å². The molecule has 0 aromatic heterocycles. The van der Waals surface area contributed by atoms with Gasteiger partial charge in [-0.2, -0.15) is 0 Å². The third-order valence-corrected chi connectivity index (χ3v) is 3.59. The highest BCUT2D eigenvalue weighted by Gasteiger charge is 2.17. The van der Waals surface area contributed by atoms with Crippen LogP contribution in [0.2, 0.25) is 0 Å². The fraction of sp³-hybridized carbons (Fsp3) is 1.00. The van der Waals surface area contributed by atoms with Gasteiger partial charge in [0.05, 0.1) is 0 Å².